The Hall–Kier alpha value is -2.47. The lowest BCUT2D eigenvalue weighted by Gasteiger charge is -2.10. The smallest absolute Gasteiger partial charge is 0.341 e. The van der Waals surface area contributed by atoms with E-state index in [1.165, 1.54) is 11.8 Å². The van der Waals surface area contributed by atoms with E-state index in [-0.39, 0.29) is 18.0 Å². The van der Waals surface area contributed by atoms with Crippen molar-refractivity contribution in [3.05, 3.63) is 48.2 Å². The topological polar surface area (TPSA) is 60.3 Å². The highest BCUT2D eigenvalue weighted by Gasteiger charge is 2.30. The number of rotatable bonds is 4. The minimum Gasteiger partial charge on any atom is -0.459 e. The third-order valence-corrected chi connectivity index (χ3v) is 4.92. The van der Waals surface area contributed by atoms with Gasteiger partial charge in [0.2, 0.25) is 5.91 Å². The molecule has 1 aliphatic heterocycles. The number of esters is 1. The van der Waals surface area contributed by atoms with E-state index in [2.05, 4.69) is 5.32 Å². The van der Waals surface area contributed by atoms with Gasteiger partial charge in [0.25, 0.3) is 0 Å². The van der Waals surface area contributed by atoms with E-state index in [4.69, 9.17) is 4.74 Å². The lowest BCUT2D eigenvalue weighted by molar-refractivity contribution is -0.116. The predicted octanol–water partition coefficient (Wildman–Crippen LogP) is 3.41. The Morgan fingerprint density at radius 2 is 2.00 bits per heavy atom. The minimum absolute atomic E-state index is 0.162. The number of nitrogens with one attached hydrogen (secondary N) is 1. The van der Waals surface area contributed by atoms with Crippen LogP contribution in [-0.2, 0) is 9.53 Å². The van der Waals surface area contributed by atoms with Crippen LogP contribution in [0.5, 0.6) is 0 Å². The quantitative estimate of drug-likeness (QED) is 0.674. The van der Waals surface area contributed by atoms with Crippen molar-refractivity contribution < 1.29 is 14.3 Å². The molecule has 0 bridgehead atoms. The Bertz CT molecular complexity index is 838. The van der Waals surface area contributed by atoms with Crippen LogP contribution in [0.1, 0.15) is 24.2 Å². The van der Waals surface area contributed by atoms with Crippen molar-refractivity contribution in [3.63, 3.8) is 0 Å². The number of hydrogen-bond acceptors (Lipinski definition) is 4. The summed E-state index contributed by atoms with van der Waals surface area (Å²) in [4.78, 5) is 24.4. The zero-order valence-electron chi connectivity index (χ0n) is 14.4. The first-order valence-electron chi connectivity index (χ1n) is 8.08. The summed E-state index contributed by atoms with van der Waals surface area (Å²) in [6.45, 7) is 3.67. The van der Waals surface area contributed by atoms with Crippen LogP contribution in [0.25, 0.3) is 16.8 Å². The van der Waals surface area contributed by atoms with Gasteiger partial charge in [-0.15, -0.1) is 11.8 Å². The molecule has 6 heteroatoms. The molecule has 1 N–H and O–H groups in total. The van der Waals surface area contributed by atoms with Gasteiger partial charge in [0.15, 0.2) is 0 Å². The second-order valence-corrected chi connectivity index (χ2v) is 6.92. The summed E-state index contributed by atoms with van der Waals surface area (Å²) in [6.07, 6.45) is 3.28. The van der Waals surface area contributed by atoms with Crippen molar-refractivity contribution in [2.75, 3.05) is 12.8 Å². The van der Waals surface area contributed by atoms with Gasteiger partial charge in [0.1, 0.15) is 0 Å². The molecule has 130 valence electrons. The minimum atomic E-state index is -0.337. The van der Waals surface area contributed by atoms with Crippen LogP contribution in [0, 0.1) is 0 Å². The molecule has 5 nitrogen and oxygen atoms in total. The Morgan fingerprint density at radius 3 is 2.64 bits per heavy atom. The molecule has 1 aromatic heterocycles. The van der Waals surface area contributed by atoms with Gasteiger partial charge in [-0.25, -0.2) is 4.79 Å². The van der Waals surface area contributed by atoms with Gasteiger partial charge in [-0.05, 0) is 19.4 Å². The number of fused-ring (bicyclic) bond motifs is 1. The maximum Gasteiger partial charge on any atom is 0.341 e. The molecule has 0 spiro atoms. The third-order valence-electron chi connectivity index (χ3n) is 3.80. The first kappa shape index (κ1) is 17.4. The van der Waals surface area contributed by atoms with Gasteiger partial charge in [0.05, 0.1) is 16.7 Å². The number of ether oxygens (including phenoxy) is 1. The summed E-state index contributed by atoms with van der Waals surface area (Å²) in [5.41, 5.74) is 3.17. The highest BCUT2D eigenvalue weighted by molar-refractivity contribution is 8.00. The number of thioether (sulfide) groups is 1. The van der Waals surface area contributed by atoms with E-state index < -0.39 is 0 Å². The van der Waals surface area contributed by atoms with Crippen LogP contribution in [0.3, 0.4) is 0 Å². The molecule has 2 heterocycles. The average molecular weight is 356 g/mol. The van der Waals surface area contributed by atoms with Crippen LogP contribution in [-0.4, -0.2) is 35.3 Å². The lowest BCUT2D eigenvalue weighted by Crippen LogP contribution is -2.15. The number of carbonyl (C=O) groups is 2. The summed E-state index contributed by atoms with van der Waals surface area (Å²) in [5.74, 6) is 0.140. The molecule has 0 aliphatic carbocycles. The van der Waals surface area contributed by atoms with Gasteiger partial charge in [-0.2, -0.15) is 0 Å². The van der Waals surface area contributed by atoms with Crippen molar-refractivity contribution in [3.8, 4) is 11.1 Å². The Morgan fingerprint density at radius 1 is 1.28 bits per heavy atom. The van der Waals surface area contributed by atoms with Crippen molar-refractivity contribution in [2.45, 2.75) is 25.0 Å². The summed E-state index contributed by atoms with van der Waals surface area (Å²) >= 11 is 1.54. The SMILES string of the molecule is CNC(=O)/C=C1\CSc2c(C(=O)OC(C)C)c(-c3ccccc3)cn21. The van der Waals surface area contributed by atoms with Gasteiger partial charge in [-0.1, -0.05) is 30.3 Å². The molecule has 1 aliphatic rings. The second kappa shape index (κ2) is 7.19. The molecular formula is C19H20N2O3S. The number of hydrogen-bond donors (Lipinski definition) is 1. The zero-order chi connectivity index (χ0) is 18.0. The zero-order valence-corrected chi connectivity index (χ0v) is 15.2. The van der Waals surface area contributed by atoms with Crippen molar-refractivity contribution in [1.82, 2.24) is 9.88 Å². The van der Waals surface area contributed by atoms with Gasteiger partial charge < -0.3 is 14.6 Å². The second-order valence-electron chi connectivity index (χ2n) is 5.95. The molecule has 0 fully saturated rings. The van der Waals surface area contributed by atoms with Crippen LogP contribution in [0.15, 0.2) is 47.6 Å². The number of amides is 1. The highest BCUT2D eigenvalue weighted by Crippen LogP contribution is 2.42. The van der Waals surface area contributed by atoms with E-state index in [1.807, 2.05) is 54.9 Å². The monoisotopic (exact) mass is 356 g/mol. The van der Waals surface area contributed by atoms with Crippen molar-refractivity contribution in [1.29, 1.82) is 0 Å². The fourth-order valence-electron chi connectivity index (χ4n) is 2.70. The Kier molecular flexibility index (Phi) is 4.99. The van der Waals surface area contributed by atoms with Crippen LogP contribution in [0.2, 0.25) is 0 Å². The van der Waals surface area contributed by atoms with E-state index >= 15 is 0 Å². The molecule has 0 unspecified atom stereocenters. The molecule has 2 aromatic rings. The molecule has 25 heavy (non-hydrogen) atoms. The maximum absolute atomic E-state index is 12.7. The summed E-state index contributed by atoms with van der Waals surface area (Å²) in [6, 6.07) is 9.73. The third kappa shape index (κ3) is 3.49. The maximum atomic E-state index is 12.7. The van der Waals surface area contributed by atoms with Crippen LogP contribution >= 0.6 is 11.8 Å². The number of benzene rings is 1. The molecule has 0 saturated heterocycles. The normalized spacial score (nSPS) is 14.6. The molecule has 1 amide bonds. The highest BCUT2D eigenvalue weighted by atomic mass is 32.2. The van der Waals surface area contributed by atoms with Gasteiger partial charge >= 0.3 is 5.97 Å². The summed E-state index contributed by atoms with van der Waals surface area (Å²) in [7, 11) is 1.60. The van der Waals surface area contributed by atoms with Crippen LogP contribution < -0.4 is 5.32 Å². The molecule has 3 rings (SSSR count). The van der Waals surface area contributed by atoms with E-state index in [1.54, 1.807) is 13.1 Å². The van der Waals surface area contributed by atoms with E-state index in [0.29, 0.717) is 11.3 Å². The van der Waals surface area contributed by atoms with Gasteiger partial charge in [0, 0.05) is 36.3 Å². The molecule has 1 aromatic carbocycles. The standard InChI is InChI=1S/C19H20N2O3S/c1-12(2)24-19(23)17-15(13-7-5-4-6-8-13)10-21-14(9-16(22)20-3)11-25-18(17)21/h4-10,12H,11H2,1-3H3,(H,20,22)/b14-9+. The Balaban J connectivity index is 2.13. The predicted molar refractivity (Wildman–Crippen MR) is 99.5 cm³/mol. The van der Waals surface area contributed by atoms with Gasteiger partial charge in [-0.3, -0.25) is 4.79 Å². The van der Waals surface area contributed by atoms with E-state index in [9.17, 15) is 9.59 Å². The lowest BCUT2D eigenvalue weighted by atomic mass is 10.1. The van der Waals surface area contributed by atoms with Crippen molar-refractivity contribution >= 4 is 29.3 Å². The largest absolute Gasteiger partial charge is 0.459 e. The molecule has 0 radical (unpaired) electrons. The molecule has 0 atom stereocenters. The summed E-state index contributed by atoms with van der Waals surface area (Å²) in [5, 5.41) is 3.41. The number of carbonyl (C=O) groups excluding carboxylic acids is 2. The number of aromatic nitrogens is 1. The van der Waals surface area contributed by atoms with E-state index in [0.717, 1.165) is 21.8 Å². The first-order valence-corrected chi connectivity index (χ1v) is 9.07. The fraction of sp³-hybridized carbons (Fsp3) is 0.263. The first-order chi connectivity index (χ1) is 12.0. The summed E-state index contributed by atoms with van der Waals surface area (Å²) < 4.78 is 7.37. The molecule has 0 saturated carbocycles. The van der Waals surface area contributed by atoms with Crippen LogP contribution in [0.4, 0.5) is 0 Å². The fourth-order valence-corrected chi connectivity index (χ4v) is 3.85. The molecular weight excluding hydrogens is 336 g/mol. The average Bonchev–Trinajstić information content (AvgIpc) is 3.14. The number of nitrogens with zero attached hydrogens (tertiary/aromatic N) is 1. The van der Waals surface area contributed by atoms with Crippen molar-refractivity contribution in [2.24, 2.45) is 0 Å². The Labute approximate surface area is 151 Å². The number of likely N-dealkylation sites (N-methyl/N-ethyl adjacent to an activating group) is 1.